The third-order valence-corrected chi connectivity index (χ3v) is 6.83. The van der Waals surface area contributed by atoms with Gasteiger partial charge in [-0.05, 0) is 61.3 Å². The lowest BCUT2D eigenvalue weighted by Crippen LogP contribution is -2.39. The number of nitrogens with two attached hydrogens (primary N) is 1. The summed E-state index contributed by atoms with van der Waals surface area (Å²) >= 11 is 6.21. The molecule has 0 saturated heterocycles. The molecule has 0 aliphatic heterocycles. The quantitative estimate of drug-likeness (QED) is 0.515. The summed E-state index contributed by atoms with van der Waals surface area (Å²) in [4.78, 5) is 17.3. The molecule has 3 aromatic rings. The van der Waals surface area contributed by atoms with E-state index in [-0.39, 0.29) is 17.1 Å². The molecule has 0 spiro atoms. The van der Waals surface area contributed by atoms with Crippen molar-refractivity contribution < 1.29 is 9.32 Å². The molecule has 6 heteroatoms. The normalized spacial score (nSPS) is 22.0. The molecule has 1 aromatic carbocycles. The maximum absolute atomic E-state index is 13.0. The van der Waals surface area contributed by atoms with Crippen LogP contribution >= 0.6 is 11.6 Å². The summed E-state index contributed by atoms with van der Waals surface area (Å²) < 4.78 is 5.29. The first-order valence-electron chi connectivity index (χ1n) is 10.7. The Morgan fingerprint density at radius 3 is 2.73 bits per heavy atom. The second-order valence-electron chi connectivity index (χ2n) is 8.86. The van der Waals surface area contributed by atoms with Gasteiger partial charge in [-0.2, -0.15) is 0 Å². The van der Waals surface area contributed by atoms with Crippen molar-refractivity contribution in [2.75, 3.05) is 6.54 Å². The van der Waals surface area contributed by atoms with Gasteiger partial charge >= 0.3 is 0 Å². The van der Waals surface area contributed by atoms with Gasteiger partial charge in [-0.3, -0.25) is 4.79 Å². The zero-order valence-electron chi connectivity index (χ0n) is 17.5. The lowest BCUT2D eigenvalue weighted by atomic mass is 9.66. The van der Waals surface area contributed by atoms with E-state index >= 15 is 0 Å². The molecular formula is C24H28ClN3O2. The SMILES string of the molecule is CC(C)c1noc2ncc(C(=O)CC3CCC(CN)(c4cccc(Cl)c4)CC3)cc12. The van der Waals surface area contributed by atoms with Crippen molar-refractivity contribution in [1.29, 1.82) is 0 Å². The number of hydrogen-bond donors (Lipinski definition) is 1. The Hall–Kier alpha value is -2.24. The number of carbonyl (C=O) groups excluding carboxylic acids is 1. The van der Waals surface area contributed by atoms with E-state index < -0.39 is 0 Å². The second-order valence-corrected chi connectivity index (χ2v) is 9.30. The first-order chi connectivity index (χ1) is 14.4. The largest absolute Gasteiger partial charge is 0.336 e. The van der Waals surface area contributed by atoms with Crippen LogP contribution in [-0.2, 0) is 5.41 Å². The highest BCUT2D eigenvalue weighted by Crippen LogP contribution is 2.42. The smallest absolute Gasteiger partial charge is 0.257 e. The minimum atomic E-state index is -0.0421. The lowest BCUT2D eigenvalue weighted by molar-refractivity contribution is 0.0937. The van der Waals surface area contributed by atoms with Crippen LogP contribution in [0, 0.1) is 5.92 Å². The highest BCUT2D eigenvalue weighted by molar-refractivity contribution is 6.30. The van der Waals surface area contributed by atoms with Gasteiger partial charge in [0, 0.05) is 35.2 Å². The van der Waals surface area contributed by atoms with Crippen molar-refractivity contribution >= 4 is 28.5 Å². The molecule has 0 radical (unpaired) electrons. The molecule has 0 atom stereocenters. The van der Waals surface area contributed by atoms with Gasteiger partial charge < -0.3 is 10.3 Å². The number of hydrogen-bond acceptors (Lipinski definition) is 5. The third kappa shape index (κ3) is 4.01. The van der Waals surface area contributed by atoms with Gasteiger partial charge in [-0.15, -0.1) is 0 Å². The van der Waals surface area contributed by atoms with Crippen LogP contribution in [0.5, 0.6) is 0 Å². The van der Waals surface area contributed by atoms with E-state index in [1.807, 2.05) is 24.3 Å². The number of Topliss-reactive ketones (excluding diaryl/α,β-unsaturated/α-hetero) is 1. The molecule has 0 bridgehead atoms. The Labute approximate surface area is 182 Å². The van der Waals surface area contributed by atoms with Crippen LogP contribution in [0.25, 0.3) is 11.1 Å². The minimum Gasteiger partial charge on any atom is -0.336 e. The molecule has 30 heavy (non-hydrogen) atoms. The van der Waals surface area contributed by atoms with Crippen LogP contribution in [0.2, 0.25) is 5.02 Å². The standard InChI is InChI=1S/C24H28ClN3O2/c1-15(2)22-20-11-17(13-27-23(20)30-28-22)21(29)10-16-6-8-24(14-26,9-7-16)18-4-3-5-19(25)12-18/h3-5,11-13,15-16H,6-10,14,26H2,1-2H3. The maximum Gasteiger partial charge on any atom is 0.257 e. The summed E-state index contributed by atoms with van der Waals surface area (Å²) in [6, 6.07) is 9.92. The van der Waals surface area contributed by atoms with Gasteiger partial charge in [0.05, 0.1) is 11.1 Å². The first kappa shape index (κ1) is 21.0. The molecule has 0 unspecified atom stereocenters. The van der Waals surface area contributed by atoms with E-state index in [2.05, 4.69) is 30.1 Å². The number of fused-ring (bicyclic) bond motifs is 1. The molecule has 5 nitrogen and oxygen atoms in total. The zero-order chi connectivity index (χ0) is 21.3. The third-order valence-electron chi connectivity index (χ3n) is 6.59. The summed E-state index contributed by atoms with van der Waals surface area (Å²) in [6.45, 7) is 4.70. The number of rotatable bonds is 6. The van der Waals surface area contributed by atoms with E-state index in [9.17, 15) is 4.79 Å². The summed E-state index contributed by atoms with van der Waals surface area (Å²) in [5.41, 5.74) is 9.35. The number of ketones is 1. The Bertz CT molecular complexity index is 1050. The van der Waals surface area contributed by atoms with Crippen LogP contribution in [0.1, 0.15) is 73.5 Å². The molecule has 2 N–H and O–H groups in total. The fraction of sp³-hybridized carbons (Fsp3) is 0.458. The van der Waals surface area contributed by atoms with Crippen LogP contribution in [0.4, 0.5) is 0 Å². The number of benzene rings is 1. The molecule has 1 fully saturated rings. The highest BCUT2D eigenvalue weighted by Gasteiger charge is 2.36. The molecule has 1 aliphatic carbocycles. The van der Waals surface area contributed by atoms with E-state index in [0.717, 1.165) is 41.8 Å². The van der Waals surface area contributed by atoms with Gasteiger partial charge in [-0.25, -0.2) is 4.98 Å². The Kier molecular flexibility index (Phi) is 5.94. The van der Waals surface area contributed by atoms with Crippen LogP contribution in [0.15, 0.2) is 41.1 Å². The van der Waals surface area contributed by atoms with Crippen molar-refractivity contribution in [2.24, 2.45) is 11.7 Å². The molecule has 1 aliphatic rings. The fourth-order valence-corrected chi connectivity index (χ4v) is 4.85. The Morgan fingerprint density at radius 1 is 1.30 bits per heavy atom. The molecule has 2 aromatic heterocycles. The van der Waals surface area contributed by atoms with Gasteiger partial charge in [0.1, 0.15) is 0 Å². The zero-order valence-corrected chi connectivity index (χ0v) is 18.3. The Balaban J connectivity index is 1.45. The monoisotopic (exact) mass is 425 g/mol. The first-order valence-corrected chi connectivity index (χ1v) is 11.0. The molecule has 4 rings (SSSR count). The molecular weight excluding hydrogens is 398 g/mol. The average molecular weight is 426 g/mol. The fourth-order valence-electron chi connectivity index (χ4n) is 4.66. The predicted octanol–water partition coefficient (Wildman–Crippen LogP) is 5.66. The Morgan fingerprint density at radius 2 is 2.07 bits per heavy atom. The molecule has 158 valence electrons. The molecule has 0 amide bonds. The van der Waals surface area contributed by atoms with Gasteiger partial charge in [0.15, 0.2) is 5.78 Å². The van der Waals surface area contributed by atoms with Gasteiger partial charge in [0.25, 0.3) is 5.71 Å². The topological polar surface area (TPSA) is 82.0 Å². The maximum atomic E-state index is 13.0. The summed E-state index contributed by atoms with van der Waals surface area (Å²) in [5, 5.41) is 5.68. The van der Waals surface area contributed by atoms with Crippen molar-refractivity contribution in [3.05, 3.63) is 58.4 Å². The highest BCUT2D eigenvalue weighted by atomic mass is 35.5. The van der Waals surface area contributed by atoms with Crippen LogP contribution in [-0.4, -0.2) is 22.5 Å². The van der Waals surface area contributed by atoms with E-state index in [4.69, 9.17) is 21.9 Å². The van der Waals surface area contributed by atoms with Crippen molar-refractivity contribution in [2.45, 2.75) is 57.3 Å². The number of nitrogens with zero attached hydrogens (tertiary/aromatic N) is 2. The number of carbonyl (C=O) groups is 1. The molecule has 1 saturated carbocycles. The lowest BCUT2D eigenvalue weighted by Gasteiger charge is -2.40. The van der Waals surface area contributed by atoms with Crippen LogP contribution in [0.3, 0.4) is 0 Å². The summed E-state index contributed by atoms with van der Waals surface area (Å²) in [6.07, 6.45) is 6.06. The predicted molar refractivity (Wildman–Crippen MR) is 119 cm³/mol. The average Bonchev–Trinajstić information content (AvgIpc) is 3.18. The summed E-state index contributed by atoms with van der Waals surface area (Å²) in [7, 11) is 0. The minimum absolute atomic E-state index is 0.0421. The van der Waals surface area contributed by atoms with Crippen molar-refractivity contribution in [3.63, 3.8) is 0 Å². The van der Waals surface area contributed by atoms with Crippen molar-refractivity contribution in [3.8, 4) is 0 Å². The molecule has 2 heterocycles. The van der Waals surface area contributed by atoms with E-state index in [1.54, 1.807) is 6.20 Å². The van der Waals surface area contributed by atoms with E-state index in [0.29, 0.717) is 30.2 Å². The van der Waals surface area contributed by atoms with E-state index in [1.165, 1.54) is 5.56 Å². The number of aromatic nitrogens is 2. The van der Waals surface area contributed by atoms with Crippen molar-refractivity contribution in [1.82, 2.24) is 10.1 Å². The van der Waals surface area contributed by atoms with Gasteiger partial charge in [0.2, 0.25) is 0 Å². The number of pyridine rings is 1. The summed E-state index contributed by atoms with van der Waals surface area (Å²) in [5.74, 6) is 0.708. The number of halogens is 1. The van der Waals surface area contributed by atoms with Crippen LogP contribution < -0.4 is 5.73 Å². The van der Waals surface area contributed by atoms with Gasteiger partial charge in [-0.1, -0.05) is 42.7 Å². The second kappa shape index (κ2) is 8.48.